The molecule has 2 aromatic rings. The summed E-state index contributed by atoms with van der Waals surface area (Å²) < 4.78 is 11.4. The minimum Gasteiger partial charge on any atom is -0.464 e. The van der Waals surface area contributed by atoms with Gasteiger partial charge in [0.1, 0.15) is 12.6 Å². The van der Waals surface area contributed by atoms with Crippen molar-refractivity contribution < 1.29 is 28.8 Å². The third kappa shape index (κ3) is 4.08. The molecule has 162 valence electrons. The van der Waals surface area contributed by atoms with Gasteiger partial charge in [-0.2, -0.15) is 0 Å². The van der Waals surface area contributed by atoms with Crippen molar-refractivity contribution in [2.75, 3.05) is 7.11 Å². The van der Waals surface area contributed by atoms with Gasteiger partial charge in [0.05, 0.1) is 41.8 Å². The molecule has 1 amide bonds. The predicted octanol–water partition coefficient (Wildman–Crippen LogP) is 0.759. The number of thioether (sulfide) groups is 1. The van der Waals surface area contributed by atoms with Crippen LogP contribution in [0.15, 0.2) is 30.5 Å². The predicted molar refractivity (Wildman–Crippen MR) is 105 cm³/mol. The molecule has 2 saturated heterocycles. The van der Waals surface area contributed by atoms with Crippen LogP contribution in [-0.4, -0.2) is 66.4 Å². The molecule has 13 heteroatoms. The highest BCUT2D eigenvalue weighted by molar-refractivity contribution is 8.01. The molecule has 3 atom stereocenters. The van der Waals surface area contributed by atoms with E-state index in [9.17, 15) is 24.5 Å². The van der Waals surface area contributed by atoms with Gasteiger partial charge in [0, 0.05) is 12.1 Å². The van der Waals surface area contributed by atoms with Gasteiger partial charge >= 0.3 is 11.9 Å². The molecule has 2 aliphatic heterocycles. The number of ether oxygens (including phenoxy) is 2. The van der Waals surface area contributed by atoms with Crippen molar-refractivity contribution in [1.82, 2.24) is 19.9 Å². The van der Waals surface area contributed by atoms with E-state index in [0.29, 0.717) is 12.0 Å². The first-order chi connectivity index (χ1) is 14.9. The summed E-state index contributed by atoms with van der Waals surface area (Å²) in [5, 5.41) is 17.9. The number of methoxy groups -OCH3 is 1. The number of carbonyl (C=O) groups is 3. The van der Waals surface area contributed by atoms with Crippen LogP contribution >= 0.6 is 11.8 Å². The molecular weight excluding hydrogens is 430 g/mol. The van der Waals surface area contributed by atoms with Crippen LogP contribution in [0.1, 0.15) is 22.5 Å². The Morgan fingerprint density at radius 1 is 1.32 bits per heavy atom. The fourth-order valence-corrected chi connectivity index (χ4v) is 5.09. The van der Waals surface area contributed by atoms with Gasteiger partial charge in [-0.3, -0.25) is 19.6 Å². The number of esters is 2. The summed E-state index contributed by atoms with van der Waals surface area (Å²) in [5.74, 6) is -1.32. The van der Waals surface area contributed by atoms with Gasteiger partial charge < -0.3 is 14.4 Å². The fraction of sp³-hybridized carbons (Fsp3) is 0.389. The summed E-state index contributed by atoms with van der Waals surface area (Å²) in [4.78, 5) is 48.2. The van der Waals surface area contributed by atoms with Gasteiger partial charge in [0.2, 0.25) is 5.91 Å². The summed E-state index contributed by atoms with van der Waals surface area (Å²) in [6.07, 6.45) is 1.76. The van der Waals surface area contributed by atoms with Crippen molar-refractivity contribution >= 4 is 35.3 Å². The number of nitrogens with zero attached hydrogens (tertiary/aromatic N) is 5. The highest BCUT2D eigenvalue weighted by Crippen LogP contribution is 2.45. The van der Waals surface area contributed by atoms with Gasteiger partial charge in [-0.05, 0) is 17.7 Å². The maximum Gasteiger partial charge on any atom is 0.360 e. The Hall–Kier alpha value is -3.48. The molecule has 0 bridgehead atoms. The fourth-order valence-electron chi connectivity index (χ4n) is 3.44. The van der Waals surface area contributed by atoms with E-state index < -0.39 is 22.9 Å². The van der Waals surface area contributed by atoms with Crippen molar-refractivity contribution in [3.05, 3.63) is 51.8 Å². The number of β-lactam (4-membered cyclic amide) rings is 1. The monoisotopic (exact) mass is 447 g/mol. The lowest BCUT2D eigenvalue weighted by Gasteiger charge is -2.36. The lowest BCUT2D eigenvalue weighted by atomic mass is 10.1. The van der Waals surface area contributed by atoms with Crippen molar-refractivity contribution in [1.29, 1.82) is 0 Å². The highest BCUT2D eigenvalue weighted by atomic mass is 32.2. The zero-order valence-electron chi connectivity index (χ0n) is 16.2. The van der Waals surface area contributed by atoms with Crippen LogP contribution in [-0.2, 0) is 32.2 Å². The first kappa shape index (κ1) is 20.8. The second-order valence-corrected chi connectivity index (χ2v) is 8.35. The number of hydrogen-bond acceptors (Lipinski definition) is 10. The third-order valence-electron chi connectivity index (χ3n) is 5.00. The van der Waals surface area contributed by atoms with E-state index in [1.54, 1.807) is 0 Å². The molecule has 3 unspecified atom stereocenters. The molecule has 4 rings (SSSR count). The van der Waals surface area contributed by atoms with Crippen molar-refractivity contribution in [2.45, 2.75) is 36.2 Å². The van der Waals surface area contributed by atoms with Crippen molar-refractivity contribution in [3.8, 4) is 0 Å². The Morgan fingerprint density at radius 2 is 2.06 bits per heavy atom. The summed E-state index contributed by atoms with van der Waals surface area (Å²) in [5.41, 5.74) is 0.573. The van der Waals surface area contributed by atoms with E-state index in [4.69, 9.17) is 4.74 Å². The number of fused-ring (bicyclic) bond motifs is 1. The maximum atomic E-state index is 12.8. The van der Waals surface area contributed by atoms with Crippen LogP contribution in [0.2, 0.25) is 0 Å². The molecule has 0 aliphatic carbocycles. The van der Waals surface area contributed by atoms with Crippen molar-refractivity contribution in [2.24, 2.45) is 0 Å². The van der Waals surface area contributed by atoms with Gasteiger partial charge in [0.15, 0.2) is 5.69 Å². The molecule has 31 heavy (non-hydrogen) atoms. The number of amides is 1. The van der Waals surface area contributed by atoms with Gasteiger partial charge in [-0.25, -0.2) is 9.59 Å². The van der Waals surface area contributed by atoms with Crippen LogP contribution in [0.5, 0.6) is 0 Å². The van der Waals surface area contributed by atoms with E-state index in [1.165, 1.54) is 58.9 Å². The molecule has 0 saturated carbocycles. The van der Waals surface area contributed by atoms with Crippen LogP contribution in [0.4, 0.5) is 5.69 Å². The van der Waals surface area contributed by atoms with Gasteiger partial charge in [-0.1, -0.05) is 5.21 Å². The second-order valence-electron chi connectivity index (χ2n) is 6.93. The summed E-state index contributed by atoms with van der Waals surface area (Å²) in [7, 11) is 1.24. The number of rotatable bonds is 7. The van der Waals surface area contributed by atoms with Crippen molar-refractivity contribution in [3.63, 3.8) is 0 Å². The largest absolute Gasteiger partial charge is 0.464 e. The first-order valence-corrected chi connectivity index (χ1v) is 10.2. The van der Waals surface area contributed by atoms with Crippen LogP contribution < -0.4 is 0 Å². The quantitative estimate of drug-likeness (QED) is 0.258. The normalized spacial score (nSPS) is 21.9. The molecule has 2 fully saturated rings. The smallest absolute Gasteiger partial charge is 0.360 e. The Balaban J connectivity index is 1.44. The second kappa shape index (κ2) is 8.34. The molecule has 0 radical (unpaired) electrons. The topological polar surface area (TPSA) is 147 Å². The van der Waals surface area contributed by atoms with Crippen LogP contribution in [0.3, 0.4) is 0 Å². The van der Waals surface area contributed by atoms with E-state index >= 15 is 0 Å². The maximum absolute atomic E-state index is 12.8. The van der Waals surface area contributed by atoms with E-state index in [0.717, 1.165) is 0 Å². The molecular formula is C18H17N5O7S. The number of carbonyl (C=O) groups excluding carboxylic acids is 3. The Kier molecular flexibility index (Phi) is 5.59. The number of non-ortho nitro benzene ring substituents is 1. The van der Waals surface area contributed by atoms with Gasteiger partial charge in [0.25, 0.3) is 5.69 Å². The molecule has 12 nitrogen and oxygen atoms in total. The Morgan fingerprint density at radius 3 is 2.71 bits per heavy atom. The minimum atomic E-state index is -0.805. The zero-order valence-corrected chi connectivity index (χ0v) is 17.1. The lowest BCUT2D eigenvalue weighted by Crippen LogP contribution is -2.56. The van der Waals surface area contributed by atoms with E-state index in [2.05, 4.69) is 15.0 Å². The van der Waals surface area contributed by atoms with E-state index in [-0.39, 0.29) is 41.1 Å². The van der Waals surface area contributed by atoms with Gasteiger partial charge in [-0.15, -0.1) is 16.9 Å². The summed E-state index contributed by atoms with van der Waals surface area (Å²) >= 11 is 1.47. The number of hydrogen-bond donors (Lipinski definition) is 0. The molecule has 1 aromatic heterocycles. The molecule has 1 aromatic carbocycles. The average molecular weight is 447 g/mol. The minimum absolute atomic E-state index is 0.0437. The third-order valence-corrected chi connectivity index (χ3v) is 6.47. The number of aromatic nitrogens is 3. The number of nitro groups is 1. The SMILES string of the molecule is COC(=O)c1cn(CC2SC3CC(=O)N3C2C(=O)OCc2ccc([N+](=O)[O-])cc2)nn1. The highest BCUT2D eigenvalue weighted by Gasteiger charge is 2.55. The average Bonchev–Trinajstić information content (AvgIpc) is 3.34. The Labute approximate surface area is 179 Å². The molecule has 0 N–H and O–H groups in total. The lowest BCUT2D eigenvalue weighted by molar-refractivity contribution is -0.384. The standard InChI is InChI=1S/C18H17N5O7S/c1-29-17(25)12-7-21(20-19-12)8-13-16(22-14(24)6-15(22)31-13)18(26)30-9-10-2-4-11(5-3-10)23(27)28/h2-5,7,13,15-16H,6,8-9H2,1H3. The van der Waals surface area contributed by atoms with Crippen LogP contribution in [0, 0.1) is 10.1 Å². The number of benzene rings is 1. The summed E-state index contributed by atoms with van der Waals surface area (Å²) in [6, 6.07) is 4.87. The Bertz CT molecular complexity index is 1040. The summed E-state index contributed by atoms with van der Waals surface area (Å²) in [6.45, 7) is 0.166. The molecule has 3 heterocycles. The van der Waals surface area contributed by atoms with Crippen LogP contribution in [0.25, 0.3) is 0 Å². The first-order valence-electron chi connectivity index (χ1n) is 9.22. The number of nitro benzene ring substituents is 1. The zero-order chi connectivity index (χ0) is 22.1. The molecule has 2 aliphatic rings. The van der Waals surface area contributed by atoms with E-state index in [1.807, 2.05) is 0 Å². The molecule has 0 spiro atoms.